The predicted molar refractivity (Wildman–Crippen MR) is 62.0 cm³/mol. The Morgan fingerprint density at radius 1 is 1.35 bits per heavy atom. The number of allylic oxidation sites excluding steroid dienone is 1. The highest BCUT2D eigenvalue weighted by Gasteiger charge is 2.13. The van der Waals surface area contributed by atoms with E-state index in [0.717, 1.165) is 0 Å². The second-order valence-corrected chi connectivity index (χ2v) is 3.34. The average molecular weight is 239 g/mol. The zero-order valence-corrected chi connectivity index (χ0v) is 9.61. The number of anilines is 1. The van der Waals surface area contributed by atoms with Gasteiger partial charge < -0.3 is 10.5 Å². The molecule has 0 bridgehead atoms. The summed E-state index contributed by atoms with van der Waals surface area (Å²) in [5.41, 5.74) is 6.28. The van der Waals surface area contributed by atoms with E-state index in [4.69, 9.17) is 11.6 Å². The normalized spacial score (nSPS) is 11.8. The zero-order chi connectivity index (χ0) is 13.0. The molecule has 0 spiro atoms. The largest absolute Gasteiger partial charge is 0.464 e. The summed E-state index contributed by atoms with van der Waals surface area (Å²) in [6.45, 7) is 1.57. The maximum absolute atomic E-state index is 12.7. The summed E-state index contributed by atoms with van der Waals surface area (Å²) < 4.78 is 17.2. The van der Waals surface area contributed by atoms with E-state index in [1.165, 1.54) is 36.4 Å². The van der Waals surface area contributed by atoms with Gasteiger partial charge in [0.15, 0.2) is 0 Å². The van der Waals surface area contributed by atoms with Crippen LogP contribution in [-0.4, -0.2) is 13.1 Å². The molecule has 0 amide bonds. The number of halogens is 1. The lowest BCUT2D eigenvalue weighted by molar-refractivity contribution is -0.136. The Balaban J connectivity index is 3.00. The first-order valence-corrected chi connectivity index (χ1v) is 4.82. The Hall–Kier alpha value is -2.08. The molecular formula is C11H14FN3O2. The fourth-order valence-electron chi connectivity index (χ4n) is 1.18. The highest BCUT2D eigenvalue weighted by Crippen LogP contribution is 2.16. The topological polar surface area (TPSA) is 81.6 Å². The van der Waals surface area contributed by atoms with E-state index in [9.17, 15) is 9.18 Å². The van der Waals surface area contributed by atoms with Crippen LogP contribution in [0, 0.1) is 5.82 Å². The number of carbonyl (C=O) groups is 1. The van der Waals surface area contributed by atoms with Crippen LogP contribution in [0.3, 0.4) is 0 Å². The number of carbonyl (C=O) groups excluding carboxylic acids is 1. The van der Waals surface area contributed by atoms with E-state index in [1.54, 1.807) is 6.92 Å². The van der Waals surface area contributed by atoms with Crippen LogP contribution in [0.1, 0.15) is 6.92 Å². The number of hydrogen-bond donors (Lipinski definition) is 2. The third-order valence-corrected chi connectivity index (χ3v) is 2.26. The van der Waals surface area contributed by atoms with Crippen molar-refractivity contribution in [1.29, 1.82) is 0 Å². The minimum absolute atomic E-state index is 0.0978. The molecule has 0 aliphatic carbocycles. The van der Waals surface area contributed by atoms with Crippen LogP contribution < -0.4 is 16.6 Å². The minimum Gasteiger partial charge on any atom is -0.464 e. The Morgan fingerprint density at radius 3 is 2.35 bits per heavy atom. The molecule has 1 aromatic rings. The maximum Gasteiger partial charge on any atom is 0.355 e. The van der Waals surface area contributed by atoms with Gasteiger partial charge in [0.2, 0.25) is 0 Å². The molecule has 0 aromatic heterocycles. The lowest BCUT2D eigenvalue weighted by atomic mass is 10.2. The van der Waals surface area contributed by atoms with E-state index in [2.05, 4.69) is 4.74 Å². The Morgan fingerprint density at radius 2 is 1.88 bits per heavy atom. The van der Waals surface area contributed by atoms with Gasteiger partial charge in [-0.1, -0.05) is 0 Å². The molecule has 0 saturated carbocycles. The summed E-state index contributed by atoms with van der Waals surface area (Å²) in [6, 6.07) is 5.47. The molecule has 92 valence electrons. The highest BCUT2D eigenvalue weighted by molar-refractivity contribution is 5.88. The number of hydrogen-bond acceptors (Lipinski definition) is 5. The van der Waals surface area contributed by atoms with Crippen LogP contribution in [0.2, 0.25) is 0 Å². The second-order valence-electron chi connectivity index (χ2n) is 3.34. The first-order valence-electron chi connectivity index (χ1n) is 4.82. The maximum atomic E-state index is 12.7. The number of benzene rings is 1. The van der Waals surface area contributed by atoms with E-state index >= 15 is 0 Å². The lowest BCUT2D eigenvalue weighted by Crippen LogP contribution is -2.33. The van der Waals surface area contributed by atoms with Crippen molar-refractivity contribution in [2.24, 2.45) is 11.6 Å². The Bertz CT molecular complexity index is 443. The first kappa shape index (κ1) is 13.0. The van der Waals surface area contributed by atoms with Crippen molar-refractivity contribution in [2.75, 3.05) is 12.1 Å². The predicted octanol–water partition coefficient (Wildman–Crippen LogP) is 0.869. The number of methoxy groups -OCH3 is 1. The molecule has 0 aliphatic heterocycles. The summed E-state index contributed by atoms with van der Waals surface area (Å²) in [7, 11) is 1.22. The number of nitrogens with two attached hydrogens (primary N) is 2. The molecule has 0 aliphatic rings. The van der Waals surface area contributed by atoms with Gasteiger partial charge in [0.25, 0.3) is 0 Å². The van der Waals surface area contributed by atoms with Gasteiger partial charge in [-0.3, -0.25) is 5.01 Å². The highest BCUT2D eigenvalue weighted by atomic mass is 19.1. The van der Waals surface area contributed by atoms with Gasteiger partial charge in [-0.25, -0.2) is 15.0 Å². The third kappa shape index (κ3) is 2.94. The summed E-state index contributed by atoms with van der Waals surface area (Å²) in [5, 5.41) is 1.19. The van der Waals surface area contributed by atoms with Crippen molar-refractivity contribution >= 4 is 11.7 Å². The van der Waals surface area contributed by atoms with Crippen LogP contribution in [-0.2, 0) is 9.53 Å². The van der Waals surface area contributed by atoms with Gasteiger partial charge in [0.05, 0.1) is 18.5 Å². The molecule has 6 heteroatoms. The molecule has 17 heavy (non-hydrogen) atoms. The van der Waals surface area contributed by atoms with Gasteiger partial charge in [-0.05, 0) is 31.2 Å². The summed E-state index contributed by atoms with van der Waals surface area (Å²) >= 11 is 0. The lowest BCUT2D eigenvalue weighted by Gasteiger charge is -2.20. The van der Waals surface area contributed by atoms with Gasteiger partial charge in [-0.15, -0.1) is 0 Å². The summed E-state index contributed by atoms with van der Waals surface area (Å²) in [6.07, 6.45) is 0. The monoisotopic (exact) mass is 239 g/mol. The van der Waals surface area contributed by atoms with Crippen LogP contribution in [0.4, 0.5) is 10.1 Å². The standard InChI is InChI=1S/C11H14FN3O2/c1-7(10(13)11(16)17-2)15(14)9-5-3-8(12)4-6-9/h3-6H,13-14H2,1-2H3/b10-7-. The van der Waals surface area contributed by atoms with Crippen LogP contribution >= 0.6 is 0 Å². The van der Waals surface area contributed by atoms with Crippen molar-refractivity contribution in [3.63, 3.8) is 0 Å². The van der Waals surface area contributed by atoms with Gasteiger partial charge in [0, 0.05) is 0 Å². The van der Waals surface area contributed by atoms with Crippen molar-refractivity contribution in [1.82, 2.24) is 0 Å². The molecule has 0 fully saturated rings. The number of hydrazine groups is 1. The molecular weight excluding hydrogens is 225 g/mol. The molecule has 4 N–H and O–H groups in total. The van der Waals surface area contributed by atoms with E-state index < -0.39 is 5.97 Å². The Kier molecular flexibility index (Phi) is 4.06. The molecule has 0 heterocycles. The van der Waals surface area contributed by atoms with Crippen LogP contribution in [0.5, 0.6) is 0 Å². The number of rotatable bonds is 3. The molecule has 0 unspecified atom stereocenters. The number of esters is 1. The molecule has 0 saturated heterocycles. The third-order valence-electron chi connectivity index (χ3n) is 2.26. The van der Waals surface area contributed by atoms with E-state index in [-0.39, 0.29) is 11.5 Å². The van der Waals surface area contributed by atoms with E-state index in [0.29, 0.717) is 11.4 Å². The van der Waals surface area contributed by atoms with Crippen LogP contribution in [0.25, 0.3) is 0 Å². The van der Waals surface area contributed by atoms with Gasteiger partial charge in [0.1, 0.15) is 11.5 Å². The molecule has 5 nitrogen and oxygen atoms in total. The zero-order valence-electron chi connectivity index (χ0n) is 9.61. The number of ether oxygens (including phenoxy) is 1. The first-order chi connectivity index (χ1) is 7.97. The minimum atomic E-state index is -0.667. The van der Waals surface area contributed by atoms with Gasteiger partial charge in [-0.2, -0.15) is 0 Å². The SMILES string of the molecule is COC(=O)/C(N)=C(\C)N(N)c1ccc(F)cc1. The fourth-order valence-corrected chi connectivity index (χ4v) is 1.18. The second kappa shape index (κ2) is 5.31. The fraction of sp³-hybridized carbons (Fsp3) is 0.182. The summed E-state index contributed by atoms with van der Waals surface area (Å²) in [5.74, 6) is 4.71. The van der Waals surface area contributed by atoms with Crippen LogP contribution in [0.15, 0.2) is 35.7 Å². The quantitative estimate of drug-likeness (QED) is 0.354. The van der Waals surface area contributed by atoms with Crippen molar-refractivity contribution in [3.8, 4) is 0 Å². The Labute approximate surface area is 98.4 Å². The average Bonchev–Trinajstić information content (AvgIpc) is 2.36. The van der Waals surface area contributed by atoms with E-state index in [1.807, 2.05) is 0 Å². The number of nitrogens with zero attached hydrogens (tertiary/aromatic N) is 1. The van der Waals surface area contributed by atoms with Gasteiger partial charge >= 0.3 is 5.97 Å². The van der Waals surface area contributed by atoms with Crippen molar-refractivity contribution < 1.29 is 13.9 Å². The molecule has 0 atom stereocenters. The van der Waals surface area contributed by atoms with Crippen molar-refractivity contribution in [2.45, 2.75) is 6.92 Å². The summed E-state index contributed by atoms with van der Waals surface area (Å²) in [4.78, 5) is 11.2. The molecule has 1 aromatic carbocycles. The smallest absolute Gasteiger partial charge is 0.355 e. The molecule has 1 rings (SSSR count). The van der Waals surface area contributed by atoms with Crippen molar-refractivity contribution in [3.05, 3.63) is 41.5 Å². The molecule has 0 radical (unpaired) electrons.